The summed E-state index contributed by atoms with van der Waals surface area (Å²) in [7, 11) is 3.26. The first kappa shape index (κ1) is 20.7. The molecule has 1 atom stereocenters. The van der Waals surface area contributed by atoms with Gasteiger partial charge in [-0.05, 0) is 24.6 Å². The molecule has 0 aliphatic carbocycles. The number of aryl methyl sites for hydroxylation is 1. The number of hydrogen-bond acceptors (Lipinski definition) is 5. The summed E-state index contributed by atoms with van der Waals surface area (Å²) in [4.78, 5) is 2.16. The second-order valence-electron chi connectivity index (χ2n) is 7.55. The summed E-state index contributed by atoms with van der Waals surface area (Å²) in [6, 6.07) is 13.8. The van der Waals surface area contributed by atoms with Crippen LogP contribution in [-0.2, 0) is 19.6 Å². The van der Waals surface area contributed by atoms with Crippen molar-refractivity contribution in [3.05, 3.63) is 75.6 Å². The number of aliphatic hydroxyl groups excluding tert-OH is 1. The van der Waals surface area contributed by atoms with Crippen LogP contribution in [0.1, 0.15) is 34.1 Å². The minimum Gasteiger partial charge on any atom is -0.496 e. The van der Waals surface area contributed by atoms with Crippen molar-refractivity contribution in [2.24, 2.45) is 0 Å². The Kier molecular flexibility index (Phi) is 5.99. The third kappa shape index (κ3) is 3.90. The van der Waals surface area contributed by atoms with E-state index in [2.05, 4.69) is 22.1 Å². The third-order valence-corrected chi connectivity index (χ3v) is 6.02. The predicted octanol–water partition coefficient (Wildman–Crippen LogP) is 3.96. The third-order valence-electron chi connectivity index (χ3n) is 5.60. The maximum absolute atomic E-state index is 10.8. The lowest BCUT2D eigenvalue weighted by molar-refractivity contribution is 0.0842. The maximum Gasteiger partial charge on any atom is 0.132 e. The summed E-state index contributed by atoms with van der Waals surface area (Å²) in [6.07, 6.45) is -0.669. The van der Waals surface area contributed by atoms with Crippen LogP contribution in [-0.4, -0.2) is 40.6 Å². The molecule has 3 aromatic rings. The zero-order valence-electron chi connectivity index (χ0n) is 17.4. The fourth-order valence-corrected chi connectivity index (χ4v) is 4.41. The second kappa shape index (κ2) is 8.68. The van der Waals surface area contributed by atoms with Crippen molar-refractivity contribution in [2.75, 3.05) is 20.8 Å². The zero-order chi connectivity index (χ0) is 21.3. The van der Waals surface area contributed by atoms with E-state index in [1.807, 2.05) is 41.9 Å². The molecule has 30 heavy (non-hydrogen) atoms. The Balaban J connectivity index is 1.59. The largest absolute Gasteiger partial charge is 0.496 e. The summed E-state index contributed by atoms with van der Waals surface area (Å²) in [5, 5.41) is 16.1. The van der Waals surface area contributed by atoms with Crippen LogP contribution < -0.4 is 9.47 Å². The molecule has 0 bridgehead atoms. The molecule has 2 aromatic carbocycles. The average molecular weight is 428 g/mol. The highest BCUT2D eigenvalue weighted by molar-refractivity contribution is 6.30. The van der Waals surface area contributed by atoms with Crippen LogP contribution in [0.25, 0.3) is 0 Å². The van der Waals surface area contributed by atoms with Crippen molar-refractivity contribution in [2.45, 2.75) is 32.7 Å². The van der Waals surface area contributed by atoms with Crippen molar-refractivity contribution in [1.29, 1.82) is 0 Å². The van der Waals surface area contributed by atoms with E-state index >= 15 is 0 Å². The summed E-state index contributed by atoms with van der Waals surface area (Å²) >= 11 is 6.71. The Labute approximate surface area is 181 Å². The molecule has 1 aliphatic rings. The van der Waals surface area contributed by atoms with E-state index in [9.17, 15) is 5.11 Å². The lowest BCUT2D eigenvalue weighted by atomic mass is 9.95. The molecule has 0 fully saturated rings. The van der Waals surface area contributed by atoms with Crippen molar-refractivity contribution in [3.8, 4) is 11.5 Å². The van der Waals surface area contributed by atoms with Crippen molar-refractivity contribution >= 4 is 11.6 Å². The molecule has 6 nitrogen and oxygen atoms in total. The summed E-state index contributed by atoms with van der Waals surface area (Å²) in [5.74, 6) is 1.43. The molecular weight excluding hydrogens is 402 g/mol. The Morgan fingerprint density at radius 1 is 1.07 bits per heavy atom. The zero-order valence-corrected chi connectivity index (χ0v) is 18.2. The van der Waals surface area contributed by atoms with Gasteiger partial charge < -0.3 is 14.6 Å². The Morgan fingerprint density at radius 2 is 1.77 bits per heavy atom. The number of β-amino-alcohol motifs (C(OH)–C–C–N with tert-alkyl or cyclic N) is 1. The van der Waals surface area contributed by atoms with Gasteiger partial charge in [0.05, 0.1) is 32.6 Å². The van der Waals surface area contributed by atoms with Crippen molar-refractivity contribution in [1.82, 2.24) is 14.7 Å². The van der Waals surface area contributed by atoms with Crippen LogP contribution in [0.15, 0.2) is 42.5 Å². The Bertz CT molecular complexity index is 1040. The number of hydrogen-bond donors (Lipinski definition) is 1. The van der Waals surface area contributed by atoms with Crippen LogP contribution in [0.4, 0.5) is 0 Å². The second-order valence-corrected chi connectivity index (χ2v) is 7.90. The number of benzene rings is 2. The van der Waals surface area contributed by atoms with Crippen molar-refractivity contribution in [3.63, 3.8) is 0 Å². The molecule has 7 heteroatoms. The highest BCUT2D eigenvalue weighted by Crippen LogP contribution is 2.40. The van der Waals surface area contributed by atoms with Crippen LogP contribution in [0, 0.1) is 6.92 Å². The van der Waals surface area contributed by atoms with E-state index in [-0.39, 0.29) is 0 Å². The van der Waals surface area contributed by atoms with Gasteiger partial charge >= 0.3 is 0 Å². The highest BCUT2D eigenvalue weighted by atomic mass is 35.5. The number of halogens is 1. The number of fused-ring (bicyclic) bond motifs is 1. The minimum absolute atomic E-state index is 0.482. The van der Waals surface area contributed by atoms with Gasteiger partial charge in [0.25, 0.3) is 0 Å². The maximum atomic E-state index is 10.8. The quantitative estimate of drug-likeness (QED) is 0.645. The van der Waals surface area contributed by atoms with E-state index < -0.39 is 6.10 Å². The number of rotatable bonds is 6. The average Bonchev–Trinajstić information content (AvgIpc) is 3.01. The first-order chi connectivity index (χ1) is 14.5. The fraction of sp³-hybridized carbons (Fsp3) is 0.348. The van der Waals surface area contributed by atoms with Gasteiger partial charge in [0.2, 0.25) is 0 Å². The smallest absolute Gasteiger partial charge is 0.132 e. The molecule has 0 saturated carbocycles. The Hall–Kier alpha value is -2.54. The van der Waals surface area contributed by atoms with Crippen molar-refractivity contribution < 1.29 is 14.6 Å². The number of aliphatic hydroxyl groups is 1. The molecule has 1 unspecified atom stereocenters. The minimum atomic E-state index is -0.669. The molecule has 0 amide bonds. The lowest BCUT2D eigenvalue weighted by Crippen LogP contribution is -2.34. The van der Waals surface area contributed by atoms with Crippen LogP contribution in [0.3, 0.4) is 0 Å². The van der Waals surface area contributed by atoms with Crippen LogP contribution in [0.5, 0.6) is 11.5 Å². The molecule has 2 heterocycles. The standard InChI is InChI=1S/C23H26ClN3O3/c1-15-17(23(24)27(25-15)11-16-7-5-4-6-8-16)12-26-13-18-20(29-2)9-10-21(30-3)22(18)19(28)14-26/h4-10,19,28H,11-14H2,1-3H3. The molecular formula is C23H26ClN3O3. The van der Waals surface area contributed by atoms with Gasteiger partial charge in [-0.15, -0.1) is 0 Å². The molecule has 0 radical (unpaired) electrons. The van der Waals surface area contributed by atoms with E-state index in [1.165, 1.54) is 0 Å². The van der Waals surface area contributed by atoms with Gasteiger partial charge in [0.15, 0.2) is 0 Å². The first-order valence-corrected chi connectivity index (χ1v) is 10.3. The monoisotopic (exact) mass is 427 g/mol. The van der Waals surface area contributed by atoms with Crippen LogP contribution >= 0.6 is 11.6 Å². The number of methoxy groups -OCH3 is 2. The molecule has 4 rings (SSSR count). The molecule has 0 spiro atoms. The van der Waals surface area contributed by atoms with E-state index in [4.69, 9.17) is 21.1 Å². The van der Waals surface area contributed by atoms with Gasteiger partial charge in [0, 0.05) is 36.3 Å². The lowest BCUT2D eigenvalue weighted by Gasteiger charge is -2.34. The normalized spacial score (nSPS) is 16.4. The Morgan fingerprint density at radius 3 is 2.47 bits per heavy atom. The number of nitrogens with zero attached hydrogens (tertiary/aromatic N) is 3. The highest BCUT2D eigenvalue weighted by Gasteiger charge is 2.30. The number of aromatic nitrogens is 2. The molecule has 1 aliphatic heterocycles. The summed E-state index contributed by atoms with van der Waals surface area (Å²) in [5.41, 5.74) is 4.77. The van der Waals surface area contributed by atoms with Gasteiger partial charge in [-0.2, -0.15) is 5.10 Å². The first-order valence-electron chi connectivity index (χ1n) is 9.91. The van der Waals surface area contributed by atoms with E-state index in [0.29, 0.717) is 37.1 Å². The van der Waals surface area contributed by atoms with E-state index in [1.54, 1.807) is 14.2 Å². The number of ether oxygens (including phenoxy) is 2. The van der Waals surface area contributed by atoms with Gasteiger partial charge in [0.1, 0.15) is 16.7 Å². The van der Waals surface area contributed by atoms with Gasteiger partial charge in [-0.3, -0.25) is 4.90 Å². The van der Waals surface area contributed by atoms with Crippen LogP contribution in [0.2, 0.25) is 5.15 Å². The summed E-state index contributed by atoms with van der Waals surface area (Å²) < 4.78 is 12.8. The predicted molar refractivity (Wildman–Crippen MR) is 116 cm³/mol. The summed E-state index contributed by atoms with van der Waals surface area (Å²) in [6.45, 7) is 4.30. The topological polar surface area (TPSA) is 59.8 Å². The molecule has 1 N–H and O–H groups in total. The van der Waals surface area contributed by atoms with Gasteiger partial charge in [-0.25, -0.2) is 4.68 Å². The molecule has 158 valence electrons. The molecule has 0 saturated heterocycles. The molecule has 1 aromatic heterocycles. The SMILES string of the molecule is COc1ccc(OC)c2c1CN(Cc1c(C)nn(Cc3ccccc3)c1Cl)CC2O. The van der Waals surface area contributed by atoms with Gasteiger partial charge in [-0.1, -0.05) is 41.9 Å². The fourth-order valence-electron chi connectivity index (χ4n) is 4.12. The van der Waals surface area contributed by atoms with E-state index in [0.717, 1.165) is 33.7 Å².